The molecule has 3 N–H and O–H groups in total. The molecule has 6 nitrogen and oxygen atoms in total. The Hall–Kier alpha value is -4.11. The molecule has 0 heterocycles. The van der Waals surface area contributed by atoms with E-state index in [2.05, 4.69) is 22.0 Å². The van der Waals surface area contributed by atoms with Crippen molar-refractivity contribution in [3.8, 4) is 6.07 Å². The molecule has 0 aromatic heterocycles. The molecule has 0 saturated carbocycles. The quantitative estimate of drug-likeness (QED) is 0.561. The van der Waals surface area contributed by atoms with Crippen molar-refractivity contribution in [3.05, 3.63) is 95.6 Å². The smallest absolute Gasteiger partial charge is 0.247 e. The van der Waals surface area contributed by atoms with Crippen molar-refractivity contribution < 1.29 is 9.59 Å². The van der Waals surface area contributed by atoms with Crippen LogP contribution in [-0.2, 0) is 16.1 Å². The summed E-state index contributed by atoms with van der Waals surface area (Å²) in [6.45, 7) is 1.84. The first-order valence-electron chi connectivity index (χ1n) is 9.51. The van der Waals surface area contributed by atoms with Gasteiger partial charge in [0.25, 0.3) is 0 Å². The summed E-state index contributed by atoms with van der Waals surface area (Å²) >= 11 is 0. The first kappa shape index (κ1) is 20.6. The van der Waals surface area contributed by atoms with E-state index in [1.807, 2.05) is 36.4 Å². The van der Waals surface area contributed by atoms with Crippen molar-refractivity contribution in [2.75, 3.05) is 10.6 Å². The van der Waals surface area contributed by atoms with Crippen molar-refractivity contribution in [1.82, 2.24) is 5.32 Å². The molecule has 0 fully saturated rings. The minimum Gasteiger partial charge on any atom is -0.370 e. The van der Waals surface area contributed by atoms with E-state index in [1.165, 1.54) is 6.92 Å². The van der Waals surface area contributed by atoms with Gasteiger partial charge in [-0.3, -0.25) is 9.59 Å². The van der Waals surface area contributed by atoms with Crippen LogP contribution in [0.15, 0.2) is 78.9 Å². The number of anilines is 2. The van der Waals surface area contributed by atoms with E-state index in [0.29, 0.717) is 29.0 Å². The molecule has 2 amide bonds. The van der Waals surface area contributed by atoms with Crippen molar-refractivity contribution in [1.29, 1.82) is 5.26 Å². The highest BCUT2D eigenvalue weighted by atomic mass is 16.2. The zero-order valence-corrected chi connectivity index (χ0v) is 16.6. The number of hydrogen-bond donors (Lipinski definition) is 3. The van der Waals surface area contributed by atoms with Gasteiger partial charge in [-0.1, -0.05) is 42.5 Å². The first-order valence-corrected chi connectivity index (χ1v) is 9.51. The minimum absolute atomic E-state index is 0.183. The highest BCUT2D eigenvalue weighted by Gasteiger charge is 2.21. The van der Waals surface area contributed by atoms with Gasteiger partial charge in [0.05, 0.1) is 11.6 Å². The standard InChI is InChI=1S/C24H22N4O2/c1-17(29)27-22-9-5-8-20(14-22)23(28-21-12-10-18(15-25)11-13-21)24(30)26-16-19-6-3-2-4-7-19/h2-14,23,28H,16H2,1H3,(H,26,30)(H,27,29). The van der Waals surface area contributed by atoms with E-state index in [9.17, 15) is 9.59 Å². The maximum Gasteiger partial charge on any atom is 0.247 e. The van der Waals surface area contributed by atoms with Crippen LogP contribution in [0.2, 0.25) is 0 Å². The highest BCUT2D eigenvalue weighted by Crippen LogP contribution is 2.23. The predicted molar refractivity (Wildman–Crippen MR) is 117 cm³/mol. The SMILES string of the molecule is CC(=O)Nc1cccc(C(Nc2ccc(C#N)cc2)C(=O)NCc2ccccc2)c1. The maximum atomic E-state index is 13.1. The van der Waals surface area contributed by atoms with Gasteiger partial charge in [0.1, 0.15) is 6.04 Å². The fraction of sp³-hybridized carbons (Fsp3) is 0.125. The maximum absolute atomic E-state index is 13.1. The van der Waals surface area contributed by atoms with Gasteiger partial charge in [-0.15, -0.1) is 0 Å². The lowest BCUT2D eigenvalue weighted by Gasteiger charge is -2.21. The summed E-state index contributed by atoms with van der Waals surface area (Å²) < 4.78 is 0. The zero-order valence-electron chi connectivity index (χ0n) is 16.6. The minimum atomic E-state index is -0.685. The van der Waals surface area contributed by atoms with E-state index in [0.717, 1.165) is 5.56 Å². The molecule has 0 aliphatic rings. The van der Waals surface area contributed by atoms with Crippen LogP contribution < -0.4 is 16.0 Å². The molecule has 0 aliphatic heterocycles. The number of benzene rings is 3. The fourth-order valence-corrected chi connectivity index (χ4v) is 2.99. The highest BCUT2D eigenvalue weighted by molar-refractivity contribution is 5.90. The molecule has 0 saturated heterocycles. The Morgan fingerprint density at radius 3 is 2.33 bits per heavy atom. The predicted octanol–water partition coefficient (Wildman–Crippen LogP) is 3.99. The molecule has 0 bridgehead atoms. The molecule has 150 valence electrons. The van der Waals surface area contributed by atoms with Crippen LogP contribution in [0.5, 0.6) is 0 Å². The van der Waals surface area contributed by atoms with E-state index in [1.54, 1.807) is 42.5 Å². The number of amides is 2. The molecular formula is C24H22N4O2. The Labute approximate surface area is 175 Å². The van der Waals surface area contributed by atoms with Crippen LogP contribution in [0.25, 0.3) is 0 Å². The third-order valence-electron chi connectivity index (χ3n) is 4.44. The number of carbonyl (C=O) groups is 2. The lowest BCUT2D eigenvalue weighted by molar-refractivity contribution is -0.122. The summed E-state index contributed by atoms with van der Waals surface area (Å²) in [4.78, 5) is 24.5. The summed E-state index contributed by atoms with van der Waals surface area (Å²) in [6.07, 6.45) is 0. The second-order valence-electron chi connectivity index (χ2n) is 6.78. The number of hydrogen-bond acceptors (Lipinski definition) is 4. The van der Waals surface area contributed by atoms with E-state index in [-0.39, 0.29) is 11.8 Å². The number of carbonyl (C=O) groups excluding carboxylic acids is 2. The molecule has 6 heteroatoms. The molecule has 30 heavy (non-hydrogen) atoms. The first-order chi connectivity index (χ1) is 14.5. The number of nitrogens with zero attached hydrogens (tertiary/aromatic N) is 1. The second kappa shape index (κ2) is 9.89. The van der Waals surface area contributed by atoms with Gasteiger partial charge in [-0.05, 0) is 47.5 Å². The molecule has 3 aromatic rings. The molecular weight excluding hydrogens is 376 g/mol. The van der Waals surface area contributed by atoms with Crippen molar-refractivity contribution >= 4 is 23.2 Å². The molecule has 0 spiro atoms. The summed E-state index contributed by atoms with van der Waals surface area (Å²) in [7, 11) is 0. The second-order valence-corrected chi connectivity index (χ2v) is 6.78. The number of rotatable bonds is 7. The van der Waals surface area contributed by atoms with E-state index >= 15 is 0 Å². The monoisotopic (exact) mass is 398 g/mol. The van der Waals surface area contributed by atoms with Crippen LogP contribution in [0.3, 0.4) is 0 Å². The van der Waals surface area contributed by atoms with Gasteiger partial charge in [0.15, 0.2) is 0 Å². The molecule has 0 aliphatic carbocycles. The van der Waals surface area contributed by atoms with Gasteiger partial charge >= 0.3 is 0 Å². The Bertz CT molecular complexity index is 1060. The van der Waals surface area contributed by atoms with Gasteiger partial charge in [-0.2, -0.15) is 5.26 Å². The Morgan fingerprint density at radius 2 is 1.67 bits per heavy atom. The van der Waals surface area contributed by atoms with Gasteiger partial charge < -0.3 is 16.0 Å². The lowest BCUT2D eigenvalue weighted by Crippen LogP contribution is -2.33. The lowest BCUT2D eigenvalue weighted by atomic mass is 10.0. The van der Waals surface area contributed by atoms with Crippen molar-refractivity contribution in [2.45, 2.75) is 19.5 Å². The summed E-state index contributed by atoms with van der Waals surface area (Å²) in [6, 6.07) is 25.1. The largest absolute Gasteiger partial charge is 0.370 e. The Balaban J connectivity index is 1.84. The van der Waals surface area contributed by atoms with E-state index in [4.69, 9.17) is 5.26 Å². The van der Waals surface area contributed by atoms with Crippen LogP contribution >= 0.6 is 0 Å². The summed E-state index contributed by atoms with van der Waals surface area (Å²) in [5.74, 6) is -0.388. The van der Waals surface area contributed by atoms with Crippen molar-refractivity contribution in [2.24, 2.45) is 0 Å². The molecule has 3 rings (SSSR count). The van der Waals surface area contributed by atoms with Gasteiger partial charge in [-0.25, -0.2) is 0 Å². The number of nitriles is 1. The van der Waals surface area contributed by atoms with Crippen LogP contribution in [0, 0.1) is 11.3 Å². The van der Waals surface area contributed by atoms with Crippen LogP contribution in [0.4, 0.5) is 11.4 Å². The summed E-state index contributed by atoms with van der Waals surface area (Å²) in [5, 5.41) is 17.9. The van der Waals surface area contributed by atoms with Crippen LogP contribution in [0.1, 0.15) is 29.7 Å². The third-order valence-corrected chi connectivity index (χ3v) is 4.44. The third kappa shape index (κ3) is 5.69. The Kier molecular flexibility index (Phi) is 6.80. The Morgan fingerprint density at radius 1 is 0.933 bits per heavy atom. The number of nitrogens with one attached hydrogen (secondary N) is 3. The normalized spacial score (nSPS) is 11.1. The van der Waals surface area contributed by atoms with Crippen molar-refractivity contribution in [3.63, 3.8) is 0 Å². The molecule has 3 aromatic carbocycles. The van der Waals surface area contributed by atoms with Crippen LogP contribution in [-0.4, -0.2) is 11.8 Å². The average Bonchev–Trinajstić information content (AvgIpc) is 2.76. The van der Waals surface area contributed by atoms with Gasteiger partial charge in [0.2, 0.25) is 11.8 Å². The fourth-order valence-electron chi connectivity index (χ4n) is 2.99. The molecule has 0 radical (unpaired) electrons. The van der Waals surface area contributed by atoms with Gasteiger partial charge in [0, 0.05) is 24.8 Å². The zero-order chi connectivity index (χ0) is 21.3. The topological polar surface area (TPSA) is 94.0 Å². The average molecular weight is 398 g/mol. The molecule has 1 unspecified atom stereocenters. The molecule has 1 atom stereocenters. The summed E-state index contributed by atoms with van der Waals surface area (Å²) in [5.41, 5.74) is 3.56. The van der Waals surface area contributed by atoms with E-state index < -0.39 is 6.04 Å².